The van der Waals surface area contributed by atoms with Crippen molar-refractivity contribution >= 4 is 43.6 Å². The van der Waals surface area contributed by atoms with E-state index in [1.807, 2.05) is 17.8 Å². The molecule has 0 aromatic heterocycles. The first kappa shape index (κ1) is 14.2. The average molecular weight is 386 g/mol. The summed E-state index contributed by atoms with van der Waals surface area (Å²) in [5.41, 5.74) is 1.40. The predicted molar refractivity (Wildman–Crippen MR) is 87.8 cm³/mol. The molecule has 0 radical (unpaired) electrons. The van der Waals surface area contributed by atoms with E-state index < -0.39 is 0 Å². The lowest BCUT2D eigenvalue weighted by Gasteiger charge is -2.14. The summed E-state index contributed by atoms with van der Waals surface area (Å²) >= 11 is 9.11. The average Bonchev–Trinajstić information content (AvgIpc) is 2.42. The monoisotopic (exact) mass is 384 g/mol. The Kier molecular flexibility index (Phi) is 5.80. The second-order valence-electron chi connectivity index (χ2n) is 4.00. The van der Waals surface area contributed by atoms with E-state index >= 15 is 0 Å². The number of thioether (sulfide) groups is 1. The van der Waals surface area contributed by atoms with E-state index in [-0.39, 0.29) is 0 Å². The number of rotatable bonds is 5. The molecule has 0 heterocycles. The molecule has 2 aromatic rings. The molecular formula is C15H14Br2S. The quantitative estimate of drug-likeness (QED) is 0.468. The Bertz CT molecular complexity index is 485. The summed E-state index contributed by atoms with van der Waals surface area (Å²) in [5, 5.41) is 0.995. The number of hydrogen-bond donors (Lipinski definition) is 0. The van der Waals surface area contributed by atoms with Crippen molar-refractivity contribution in [1.82, 2.24) is 0 Å². The van der Waals surface area contributed by atoms with E-state index in [0.29, 0.717) is 5.92 Å². The van der Waals surface area contributed by atoms with Crippen LogP contribution in [-0.2, 0) is 0 Å². The van der Waals surface area contributed by atoms with Crippen molar-refractivity contribution in [3.05, 3.63) is 64.6 Å². The van der Waals surface area contributed by atoms with Crippen LogP contribution in [0, 0.1) is 0 Å². The first-order valence-electron chi connectivity index (χ1n) is 5.79. The van der Waals surface area contributed by atoms with Crippen molar-refractivity contribution in [2.24, 2.45) is 0 Å². The fourth-order valence-corrected chi connectivity index (χ4v) is 4.31. The standard InChI is InChI=1S/C15H14Br2S/c16-10-13(12-6-2-1-3-7-12)11-18-15-9-5-4-8-14(15)17/h1-9,13H,10-11H2. The molecule has 0 spiro atoms. The van der Waals surface area contributed by atoms with Crippen LogP contribution in [0.25, 0.3) is 0 Å². The van der Waals surface area contributed by atoms with Gasteiger partial charge in [-0.25, -0.2) is 0 Å². The molecule has 1 unspecified atom stereocenters. The first-order valence-corrected chi connectivity index (χ1v) is 8.69. The van der Waals surface area contributed by atoms with Crippen LogP contribution in [-0.4, -0.2) is 11.1 Å². The zero-order chi connectivity index (χ0) is 12.8. The van der Waals surface area contributed by atoms with E-state index in [2.05, 4.69) is 80.4 Å². The van der Waals surface area contributed by atoms with Crippen LogP contribution in [0.1, 0.15) is 11.5 Å². The first-order chi connectivity index (χ1) is 8.81. The Balaban J connectivity index is 2.02. The molecule has 0 fully saturated rings. The highest BCUT2D eigenvalue weighted by molar-refractivity contribution is 9.10. The maximum absolute atomic E-state index is 3.62. The summed E-state index contributed by atoms with van der Waals surface area (Å²) in [6.07, 6.45) is 0. The van der Waals surface area contributed by atoms with Gasteiger partial charge in [0.05, 0.1) is 0 Å². The van der Waals surface area contributed by atoms with Crippen LogP contribution in [0.2, 0.25) is 0 Å². The third-order valence-electron chi connectivity index (χ3n) is 2.73. The highest BCUT2D eigenvalue weighted by atomic mass is 79.9. The van der Waals surface area contributed by atoms with Crippen LogP contribution in [0.3, 0.4) is 0 Å². The van der Waals surface area contributed by atoms with Crippen LogP contribution in [0.4, 0.5) is 0 Å². The summed E-state index contributed by atoms with van der Waals surface area (Å²) in [4.78, 5) is 1.30. The second kappa shape index (κ2) is 7.37. The lowest BCUT2D eigenvalue weighted by Crippen LogP contribution is -2.03. The van der Waals surface area contributed by atoms with Gasteiger partial charge in [0.15, 0.2) is 0 Å². The lowest BCUT2D eigenvalue weighted by atomic mass is 10.0. The fraction of sp³-hybridized carbons (Fsp3) is 0.200. The molecule has 0 aliphatic rings. The molecule has 1 atom stereocenters. The molecule has 94 valence electrons. The van der Waals surface area contributed by atoms with Gasteiger partial charge in [0, 0.05) is 26.4 Å². The van der Waals surface area contributed by atoms with Crippen molar-refractivity contribution in [3.8, 4) is 0 Å². The molecule has 3 heteroatoms. The van der Waals surface area contributed by atoms with Gasteiger partial charge in [0.2, 0.25) is 0 Å². The number of alkyl halides is 1. The Hall–Kier alpha value is -0.250. The highest BCUT2D eigenvalue weighted by Gasteiger charge is 2.11. The van der Waals surface area contributed by atoms with Crippen molar-refractivity contribution in [2.45, 2.75) is 10.8 Å². The predicted octanol–water partition coefficient (Wildman–Crippen LogP) is 5.72. The topological polar surface area (TPSA) is 0 Å². The van der Waals surface area contributed by atoms with E-state index in [1.165, 1.54) is 14.9 Å². The molecule has 0 saturated heterocycles. The summed E-state index contributed by atoms with van der Waals surface area (Å²) < 4.78 is 1.18. The molecule has 18 heavy (non-hydrogen) atoms. The molecule has 0 saturated carbocycles. The van der Waals surface area contributed by atoms with Gasteiger partial charge >= 0.3 is 0 Å². The Labute approximate surface area is 129 Å². The summed E-state index contributed by atoms with van der Waals surface area (Å²) in [5.74, 6) is 1.63. The van der Waals surface area contributed by atoms with E-state index in [9.17, 15) is 0 Å². The third-order valence-corrected chi connectivity index (χ3v) is 5.71. The van der Waals surface area contributed by atoms with Gasteiger partial charge in [0.1, 0.15) is 0 Å². The minimum atomic E-state index is 0.545. The van der Waals surface area contributed by atoms with Crippen LogP contribution in [0.5, 0.6) is 0 Å². The Morgan fingerprint density at radius 2 is 1.61 bits per heavy atom. The maximum Gasteiger partial charge on any atom is 0.0311 e. The summed E-state index contributed by atoms with van der Waals surface area (Å²) in [6.45, 7) is 0. The lowest BCUT2D eigenvalue weighted by molar-refractivity contribution is 0.902. The number of hydrogen-bond acceptors (Lipinski definition) is 1. The van der Waals surface area contributed by atoms with Gasteiger partial charge in [-0.15, -0.1) is 11.8 Å². The van der Waals surface area contributed by atoms with Crippen molar-refractivity contribution in [2.75, 3.05) is 11.1 Å². The largest absolute Gasteiger partial charge is 0.124 e. The third kappa shape index (κ3) is 3.87. The normalized spacial score (nSPS) is 12.3. The summed E-state index contributed by atoms with van der Waals surface area (Å²) in [6, 6.07) is 19.1. The molecule has 2 rings (SSSR count). The molecule has 0 aliphatic carbocycles. The summed E-state index contributed by atoms with van der Waals surface area (Å²) in [7, 11) is 0. The smallest absolute Gasteiger partial charge is 0.0311 e. The van der Waals surface area contributed by atoms with Gasteiger partial charge in [-0.3, -0.25) is 0 Å². The van der Waals surface area contributed by atoms with Crippen LogP contribution in [0.15, 0.2) is 64.0 Å². The van der Waals surface area contributed by atoms with Crippen LogP contribution < -0.4 is 0 Å². The van der Waals surface area contributed by atoms with E-state index in [0.717, 1.165) is 11.1 Å². The van der Waals surface area contributed by atoms with Gasteiger partial charge < -0.3 is 0 Å². The molecule has 0 N–H and O–H groups in total. The van der Waals surface area contributed by atoms with Crippen LogP contribution >= 0.6 is 43.6 Å². The van der Waals surface area contributed by atoms with E-state index in [1.54, 1.807) is 0 Å². The minimum Gasteiger partial charge on any atom is -0.124 e. The zero-order valence-corrected chi connectivity index (χ0v) is 13.8. The Morgan fingerprint density at radius 1 is 0.944 bits per heavy atom. The molecule has 0 nitrogen and oxygen atoms in total. The second-order valence-corrected chi connectivity index (χ2v) is 6.57. The SMILES string of the molecule is BrCC(CSc1ccccc1Br)c1ccccc1. The van der Waals surface area contributed by atoms with Crippen molar-refractivity contribution in [3.63, 3.8) is 0 Å². The molecule has 0 bridgehead atoms. The molecule has 2 aromatic carbocycles. The van der Waals surface area contributed by atoms with Gasteiger partial charge in [-0.05, 0) is 33.6 Å². The van der Waals surface area contributed by atoms with Crippen molar-refractivity contribution < 1.29 is 0 Å². The number of halogens is 2. The van der Waals surface area contributed by atoms with E-state index in [4.69, 9.17) is 0 Å². The van der Waals surface area contributed by atoms with Crippen molar-refractivity contribution in [1.29, 1.82) is 0 Å². The van der Waals surface area contributed by atoms with Gasteiger partial charge in [-0.1, -0.05) is 58.4 Å². The van der Waals surface area contributed by atoms with Gasteiger partial charge in [0.25, 0.3) is 0 Å². The maximum atomic E-state index is 3.62. The van der Waals surface area contributed by atoms with Gasteiger partial charge in [-0.2, -0.15) is 0 Å². The highest BCUT2D eigenvalue weighted by Crippen LogP contribution is 2.31. The zero-order valence-electron chi connectivity index (χ0n) is 9.85. The fourth-order valence-electron chi connectivity index (χ4n) is 1.71. The Morgan fingerprint density at radius 3 is 2.28 bits per heavy atom. The minimum absolute atomic E-state index is 0.545. The molecular weight excluding hydrogens is 372 g/mol. The molecule has 0 aliphatic heterocycles. The molecule has 0 amide bonds. The number of benzene rings is 2.